The maximum absolute atomic E-state index is 14.5. The monoisotopic (exact) mass is 651 g/mol. The summed E-state index contributed by atoms with van der Waals surface area (Å²) in [5.74, 6) is -2.67. The first kappa shape index (κ1) is 31.9. The maximum Gasteiger partial charge on any atom is 0.211 e. The Morgan fingerprint density at radius 3 is 2.30 bits per heavy atom. The molecule has 0 radical (unpaired) electrons. The van der Waals surface area contributed by atoms with Crippen molar-refractivity contribution in [3.05, 3.63) is 95.1 Å². The van der Waals surface area contributed by atoms with E-state index in [1.54, 1.807) is 0 Å². The van der Waals surface area contributed by atoms with Crippen molar-refractivity contribution in [3.8, 4) is 0 Å². The van der Waals surface area contributed by atoms with Crippen molar-refractivity contribution in [3.63, 3.8) is 0 Å². The number of carbonyl (C=O) groups excluding carboxylic acids is 1. The van der Waals surface area contributed by atoms with Crippen molar-refractivity contribution in [2.24, 2.45) is 33.5 Å². The summed E-state index contributed by atoms with van der Waals surface area (Å²) in [7, 11) is -3.69. The SMILES string of the molecule is CC12CCC(O)CC13C=CC1(C(C(=O)c4ccc(F)c(F)c4)=C3)C2CCC2(C)C1CCC2(O)CN(Cc1ccccc1)S(C)(=O)=O. The van der Waals surface area contributed by atoms with Gasteiger partial charge in [-0.25, -0.2) is 17.2 Å². The van der Waals surface area contributed by atoms with Crippen molar-refractivity contribution in [1.82, 2.24) is 4.31 Å². The highest BCUT2D eigenvalue weighted by molar-refractivity contribution is 7.88. The molecular formula is C37H43F2NO5S. The molecule has 46 heavy (non-hydrogen) atoms. The number of carbonyl (C=O) groups is 1. The third kappa shape index (κ3) is 4.34. The molecule has 2 spiro atoms. The van der Waals surface area contributed by atoms with Crippen LogP contribution >= 0.6 is 0 Å². The molecule has 246 valence electrons. The van der Waals surface area contributed by atoms with Gasteiger partial charge in [-0.2, -0.15) is 4.31 Å². The molecule has 8 unspecified atom stereocenters. The molecule has 8 atom stereocenters. The lowest BCUT2D eigenvalue weighted by Crippen LogP contribution is -2.67. The zero-order valence-corrected chi connectivity index (χ0v) is 27.5. The van der Waals surface area contributed by atoms with Crippen LogP contribution in [0.25, 0.3) is 0 Å². The minimum atomic E-state index is -3.69. The Labute approximate surface area is 270 Å². The third-order valence-electron chi connectivity index (χ3n) is 13.2. The number of sulfonamides is 1. The number of Topliss-reactive ketones (excluding diaryl/α,β-unsaturated/α-hetero) is 1. The molecule has 2 aromatic carbocycles. The second-order valence-corrected chi connectivity index (χ2v) is 17.3. The van der Waals surface area contributed by atoms with E-state index in [2.05, 4.69) is 26.0 Å². The fourth-order valence-electron chi connectivity index (χ4n) is 10.8. The molecule has 3 fully saturated rings. The number of fused-ring (bicyclic) bond motifs is 1. The molecule has 9 heteroatoms. The second kappa shape index (κ2) is 10.4. The van der Waals surface area contributed by atoms with Crippen molar-refractivity contribution in [2.45, 2.75) is 77.0 Å². The van der Waals surface area contributed by atoms with E-state index in [-0.39, 0.29) is 41.7 Å². The minimum absolute atomic E-state index is 0.0162. The Morgan fingerprint density at radius 1 is 0.935 bits per heavy atom. The van der Waals surface area contributed by atoms with E-state index in [0.29, 0.717) is 44.1 Å². The summed E-state index contributed by atoms with van der Waals surface area (Å²) in [4.78, 5) is 14.5. The van der Waals surface area contributed by atoms with Gasteiger partial charge in [-0.3, -0.25) is 4.79 Å². The van der Waals surface area contributed by atoms with Gasteiger partial charge in [0.05, 0.1) is 18.0 Å². The first-order valence-corrected chi connectivity index (χ1v) is 18.3. The number of benzene rings is 2. The van der Waals surface area contributed by atoms with Gasteiger partial charge >= 0.3 is 0 Å². The Hall–Kier alpha value is -2.72. The fourth-order valence-corrected chi connectivity index (χ4v) is 11.6. The fraction of sp³-hybridized carbons (Fsp3) is 0.541. The van der Waals surface area contributed by atoms with Crippen LogP contribution in [0, 0.1) is 45.1 Å². The average molecular weight is 652 g/mol. The van der Waals surface area contributed by atoms with Gasteiger partial charge in [-0.05, 0) is 86.0 Å². The molecule has 3 saturated carbocycles. The third-order valence-corrected chi connectivity index (χ3v) is 14.4. The predicted molar refractivity (Wildman–Crippen MR) is 171 cm³/mol. The number of hydrogen-bond acceptors (Lipinski definition) is 5. The van der Waals surface area contributed by atoms with Crippen LogP contribution in [-0.4, -0.2) is 53.2 Å². The van der Waals surface area contributed by atoms with Gasteiger partial charge in [-0.1, -0.05) is 62.4 Å². The Bertz CT molecular complexity index is 1760. The molecule has 0 heterocycles. The summed E-state index contributed by atoms with van der Waals surface area (Å²) in [6, 6.07) is 12.6. The van der Waals surface area contributed by atoms with Crippen LogP contribution in [0.3, 0.4) is 0 Å². The lowest BCUT2D eigenvalue weighted by molar-refractivity contribution is -0.173. The van der Waals surface area contributed by atoms with E-state index in [9.17, 15) is 32.2 Å². The number of halogens is 2. The van der Waals surface area contributed by atoms with Crippen LogP contribution in [0.15, 0.2) is 72.3 Å². The van der Waals surface area contributed by atoms with Gasteiger partial charge in [0.25, 0.3) is 0 Å². The first-order chi connectivity index (χ1) is 21.6. The van der Waals surface area contributed by atoms with Gasteiger partial charge < -0.3 is 10.2 Å². The zero-order chi connectivity index (χ0) is 32.9. The van der Waals surface area contributed by atoms with Crippen LogP contribution in [0.1, 0.15) is 74.7 Å². The zero-order valence-electron chi connectivity index (χ0n) is 26.7. The lowest BCUT2D eigenvalue weighted by Gasteiger charge is -2.71. The maximum atomic E-state index is 14.5. The standard InChI is InChI=1S/C37H43F2NO5S/c1-33-14-11-26(41)20-35(33)17-18-37(27(21-35)32(42)25-9-10-28(38)29(39)19-25)30(33)12-15-34(2)31(37)13-16-36(34,43)23-40(46(3,44)45)22-24-7-5-4-6-8-24/h4-10,17-19,21,26,30-31,41,43H,11-16,20,22-23H2,1-3H3. The summed E-state index contributed by atoms with van der Waals surface area (Å²) in [6.45, 7) is 4.39. The lowest BCUT2D eigenvalue weighted by atomic mass is 9.32. The average Bonchev–Trinajstić information content (AvgIpc) is 3.28. The van der Waals surface area contributed by atoms with Crippen molar-refractivity contribution in [1.29, 1.82) is 0 Å². The normalized spacial score (nSPS) is 39.5. The Morgan fingerprint density at radius 2 is 1.61 bits per heavy atom. The van der Waals surface area contributed by atoms with Crippen LogP contribution in [0.5, 0.6) is 0 Å². The van der Waals surface area contributed by atoms with E-state index in [1.165, 1.54) is 16.6 Å². The van der Waals surface area contributed by atoms with Crippen molar-refractivity contribution >= 4 is 15.8 Å². The van der Waals surface area contributed by atoms with Gasteiger partial charge in [-0.15, -0.1) is 0 Å². The van der Waals surface area contributed by atoms with Gasteiger partial charge in [0.1, 0.15) is 0 Å². The topological polar surface area (TPSA) is 94.9 Å². The van der Waals surface area contributed by atoms with Gasteiger partial charge in [0.2, 0.25) is 10.0 Å². The first-order valence-electron chi connectivity index (χ1n) is 16.4. The molecular weight excluding hydrogens is 608 g/mol. The Kier molecular flexibility index (Phi) is 7.19. The second-order valence-electron chi connectivity index (χ2n) is 15.3. The molecule has 0 saturated heterocycles. The van der Waals surface area contributed by atoms with Gasteiger partial charge in [0, 0.05) is 40.5 Å². The van der Waals surface area contributed by atoms with E-state index in [0.717, 1.165) is 24.1 Å². The number of ketones is 1. The Balaban J connectivity index is 1.34. The summed E-state index contributed by atoms with van der Waals surface area (Å²) in [5.41, 5.74) is -2.31. The van der Waals surface area contributed by atoms with Crippen LogP contribution in [-0.2, 0) is 16.6 Å². The van der Waals surface area contributed by atoms with Crippen molar-refractivity contribution in [2.75, 3.05) is 12.8 Å². The minimum Gasteiger partial charge on any atom is -0.393 e. The molecule has 2 N–H and O–H groups in total. The quantitative estimate of drug-likeness (QED) is 0.275. The highest BCUT2D eigenvalue weighted by atomic mass is 32.2. The summed E-state index contributed by atoms with van der Waals surface area (Å²) < 4.78 is 56.1. The van der Waals surface area contributed by atoms with E-state index in [4.69, 9.17) is 0 Å². The molecule has 0 aliphatic heterocycles. The molecule has 6 aliphatic carbocycles. The van der Waals surface area contributed by atoms with Crippen molar-refractivity contribution < 1.29 is 32.2 Å². The summed E-state index contributed by atoms with van der Waals surface area (Å²) in [6.07, 6.45) is 11.2. The number of aliphatic hydroxyl groups is 2. The highest BCUT2D eigenvalue weighted by Crippen LogP contribution is 2.78. The highest BCUT2D eigenvalue weighted by Gasteiger charge is 2.74. The van der Waals surface area contributed by atoms with Gasteiger partial charge in [0.15, 0.2) is 17.4 Å². The summed E-state index contributed by atoms with van der Waals surface area (Å²) >= 11 is 0. The smallest absolute Gasteiger partial charge is 0.211 e. The number of nitrogens with zero attached hydrogens (tertiary/aromatic N) is 1. The van der Waals surface area contributed by atoms with E-state index in [1.807, 2.05) is 36.4 Å². The molecule has 0 amide bonds. The molecule has 6 aliphatic rings. The van der Waals surface area contributed by atoms with E-state index < -0.39 is 49.6 Å². The predicted octanol–water partition coefficient (Wildman–Crippen LogP) is 6.20. The molecule has 0 aromatic heterocycles. The van der Waals surface area contributed by atoms with Crippen LogP contribution < -0.4 is 0 Å². The number of hydrogen-bond donors (Lipinski definition) is 2. The molecule has 2 aromatic rings. The number of aliphatic hydroxyl groups excluding tert-OH is 1. The van der Waals surface area contributed by atoms with Crippen LogP contribution in [0.2, 0.25) is 0 Å². The largest absolute Gasteiger partial charge is 0.393 e. The van der Waals surface area contributed by atoms with E-state index >= 15 is 0 Å². The van der Waals surface area contributed by atoms with Crippen LogP contribution in [0.4, 0.5) is 8.78 Å². The molecule has 8 rings (SSSR count). The number of rotatable bonds is 7. The number of allylic oxidation sites excluding steroid dienone is 4. The summed E-state index contributed by atoms with van der Waals surface area (Å²) in [5, 5.41) is 23.5. The molecule has 6 nitrogen and oxygen atoms in total. The molecule has 2 bridgehead atoms.